The van der Waals surface area contributed by atoms with Crippen LogP contribution in [0, 0.1) is 13.8 Å². The number of aliphatic hydroxyl groups excluding tert-OH is 1. The Morgan fingerprint density at radius 1 is 1.07 bits per heavy atom. The molecular formula is C31H33N3O10. The minimum absolute atomic E-state index is 0.0140. The molecule has 1 fully saturated rings. The number of H-pyrrole nitrogens is 1. The molecule has 232 valence electrons. The van der Waals surface area contributed by atoms with Gasteiger partial charge in [0.25, 0.3) is 5.91 Å². The Kier molecular flexibility index (Phi) is 8.12. The first kappa shape index (κ1) is 30.6. The fourth-order valence-electron chi connectivity index (χ4n) is 5.17. The molecule has 0 aliphatic carbocycles. The molecule has 13 nitrogen and oxygen atoms in total. The molecule has 1 aliphatic heterocycles. The average molecular weight is 608 g/mol. The fourth-order valence-corrected chi connectivity index (χ4v) is 5.17. The van der Waals surface area contributed by atoms with Gasteiger partial charge in [-0.1, -0.05) is 0 Å². The van der Waals surface area contributed by atoms with Gasteiger partial charge in [0.15, 0.2) is 23.6 Å². The summed E-state index contributed by atoms with van der Waals surface area (Å²) in [5, 5.41) is 24.7. The number of nitrogens with two attached hydrogens (primary N) is 1. The summed E-state index contributed by atoms with van der Waals surface area (Å²) in [6.45, 7) is 6.77. The van der Waals surface area contributed by atoms with Crippen LogP contribution in [0.25, 0.3) is 11.0 Å². The quantitative estimate of drug-likeness (QED) is 0.117. The van der Waals surface area contributed by atoms with Crippen molar-refractivity contribution in [3.63, 3.8) is 0 Å². The third-order valence-electron chi connectivity index (χ3n) is 7.47. The molecule has 13 heteroatoms. The van der Waals surface area contributed by atoms with Crippen molar-refractivity contribution in [3.05, 3.63) is 81.5 Å². The van der Waals surface area contributed by atoms with Crippen molar-refractivity contribution in [3.8, 4) is 11.5 Å². The number of amides is 1. The summed E-state index contributed by atoms with van der Waals surface area (Å²) in [5.41, 5.74) is 5.07. The topological polar surface area (TPSA) is 196 Å². The molecule has 5 rings (SSSR count). The van der Waals surface area contributed by atoms with Crippen LogP contribution in [0.2, 0.25) is 0 Å². The number of fused-ring (bicyclic) bond motifs is 1. The predicted molar refractivity (Wildman–Crippen MR) is 159 cm³/mol. The lowest BCUT2D eigenvalue weighted by molar-refractivity contribution is -0.305. The maximum atomic E-state index is 12.9. The van der Waals surface area contributed by atoms with Gasteiger partial charge in [-0.25, -0.2) is 9.59 Å². The van der Waals surface area contributed by atoms with Crippen molar-refractivity contribution < 1.29 is 43.2 Å². The maximum Gasteiger partial charge on any atom is 0.364 e. The first-order valence-corrected chi connectivity index (χ1v) is 13.7. The highest BCUT2D eigenvalue weighted by atomic mass is 16.7. The lowest BCUT2D eigenvalue weighted by Gasteiger charge is -2.47. The standard InChI is InChI=1S/C31H33N3O10/c1-14-6-12-19(33-14)28(38)43-25-23(36)30(44-31(3,4)26(25)40-5)41-20-13-11-18-22(35)21(29(39)42-24(18)15(20)2)34-27(37)16-7-9-17(32)10-8-16/h6-13,23,25-26,30,33,35-36H,32H2,1-5H3,(H,34,37)/t23-,25+,26-,30-/m1/s1. The minimum Gasteiger partial charge on any atom is -0.505 e. The Balaban J connectivity index is 1.42. The van der Waals surface area contributed by atoms with E-state index in [1.54, 1.807) is 39.8 Å². The van der Waals surface area contributed by atoms with Gasteiger partial charge in [0, 0.05) is 29.6 Å². The number of nitrogen functional groups attached to an aromatic ring is 1. The van der Waals surface area contributed by atoms with Crippen LogP contribution in [0.1, 0.15) is 46.0 Å². The highest BCUT2D eigenvalue weighted by Gasteiger charge is 2.53. The van der Waals surface area contributed by atoms with Crippen molar-refractivity contribution in [2.75, 3.05) is 18.2 Å². The number of benzene rings is 2. The summed E-state index contributed by atoms with van der Waals surface area (Å²) in [4.78, 5) is 41.3. The number of esters is 1. The number of hydrogen-bond acceptors (Lipinski definition) is 11. The monoisotopic (exact) mass is 607 g/mol. The molecule has 4 atom stereocenters. The number of hydrogen-bond donors (Lipinski definition) is 5. The number of methoxy groups -OCH3 is 1. The maximum absolute atomic E-state index is 12.9. The molecule has 4 aromatic rings. The van der Waals surface area contributed by atoms with E-state index in [0.29, 0.717) is 11.3 Å². The summed E-state index contributed by atoms with van der Waals surface area (Å²) in [5.74, 6) is -1.69. The molecule has 3 heterocycles. The zero-order valence-electron chi connectivity index (χ0n) is 24.7. The Morgan fingerprint density at radius 3 is 2.41 bits per heavy atom. The van der Waals surface area contributed by atoms with Crippen LogP contribution in [0.3, 0.4) is 0 Å². The minimum atomic E-state index is -1.49. The first-order valence-electron chi connectivity index (χ1n) is 13.7. The second-order valence-electron chi connectivity index (χ2n) is 11.0. The molecule has 0 unspecified atom stereocenters. The number of carbonyl (C=O) groups is 2. The Labute approximate surface area is 251 Å². The number of aliphatic hydroxyl groups is 1. The Hall–Kier alpha value is -4.85. The van der Waals surface area contributed by atoms with Gasteiger partial charge in [-0.05, 0) is 76.2 Å². The Bertz CT molecular complexity index is 1780. The van der Waals surface area contributed by atoms with Crippen LogP contribution in [0.5, 0.6) is 11.5 Å². The van der Waals surface area contributed by atoms with E-state index in [4.69, 9.17) is 29.1 Å². The lowest BCUT2D eigenvalue weighted by Crippen LogP contribution is -2.65. The SMILES string of the molecule is CO[C@@H]1[C@@H](OC(=O)c2ccc(C)[nH]2)[C@@H](O)[C@H](Oc2ccc3c(O)c(NC(=O)c4ccc(N)cc4)c(=O)oc3c2C)OC1(C)C. The molecule has 44 heavy (non-hydrogen) atoms. The van der Waals surface area contributed by atoms with Crippen molar-refractivity contribution in [1.29, 1.82) is 0 Å². The van der Waals surface area contributed by atoms with Crippen LogP contribution in [0.4, 0.5) is 11.4 Å². The molecule has 1 amide bonds. The molecule has 0 saturated carbocycles. The number of aryl methyl sites for hydroxylation is 2. The lowest BCUT2D eigenvalue weighted by atomic mass is 9.89. The van der Waals surface area contributed by atoms with Crippen molar-refractivity contribution >= 4 is 34.2 Å². The number of aromatic hydroxyl groups is 1. The van der Waals surface area contributed by atoms with Gasteiger partial charge >= 0.3 is 11.6 Å². The summed E-state index contributed by atoms with van der Waals surface area (Å²) < 4.78 is 28.8. The number of aromatic amines is 1. The first-order chi connectivity index (χ1) is 20.8. The van der Waals surface area contributed by atoms with E-state index in [-0.39, 0.29) is 28.0 Å². The van der Waals surface area contributed by atoms with E-state index < -0.39 is 59.1 Å². The van der Waals surface area contributed by atoms with Gasteiger partial charge in [-0.3, -0.25) is 4.79 Å². The van der Waals surface area contributed by atoms with E-state index in [9.17, 15) is 24.6 Å². The second kappa shape index (κ2) is 11.7. The zero-order chi connectivity index (χ0) is 31.9. The van der Waals surface area contributed by atoms with Gasteiger partial charge in [0.1, 0.15) is 23.1 Å². The number of rotatable bonds is 7. The molecule has 2 aromatic carbocycles. The number of nitrogens with one attached hydrogen (secondary N) is 2. The third kappa shape index (κ3) is 5.72. The van der Waals surface area contributed by atoms with Gasteiger partial charge in [-0.2, -0.15) is 0 Å². The molecule has 1 aliphatic rings. The molecule has 0 bridgehead atoms. The highest BCUT2D eigenvalue weighted by Crippen LogP contribution is 2.38. The van der Waals surface area contributed by atoms with E-state index in [2.05, 4.69) is 10.3 Å². The molecule has 2 aromatic heterocycles. The van der Waals surface area contributed by atoms with E-state index in [1.165, 1.54) is 43.5 Å². The Morgan fingerprint density at radius 2 is 1.77 bits per heavy atom. The van der Waals surface area contributed by atoms with Crippen molar-refractivity contribution in [2.45, 2.75) is 57.9 Å². The third-order valence-corrected chi connectivity index (χ3v) is 7.47. The molecule has 6 N–H and O–H groups in total. The van der Waals surface area contributed by atoms with E-state index in [0.717, 1.165) is 5.69 Å². The fraction of sp³-hybridized carbons (Fsp3) is 0.323. The van der Waals surface area contributed by atoms with Gasteiger partial charge in [0.2, 0.25) is 6.29 Å². The average Bonchev–Trinajstić information content (AvgIpc) is 3.41. The van der Waals surface area contributed by atoms with Crippen LogP contribution in [-0.4, -0.2) is 64.4 Å². The van der Waals surface area contributed by atoms with Crippen molar-refractivity contribution in [1.82, 2.24) is 4.98 Å². The van der Waals surface area contributed by atoms with E-state index >= 15 is 0 Å². The number of aromatic nitrogens is 1. The number of carbonyl (C=O) groups excluding carboxylic acids is 2. The molecule has 1 saturated heterocycles. The summed E-state index contributed by atoms with van der Waals surface area (Å²) in [6, 6.07) is 12.2. The zero-order valence-corrected chi connectivity index (χ0v) is 24.7. The number of ether oxygens (including phenoxy) is 4. The smallest absolute Gasteiger partial charge is 0.364 e. The second-order valence-corrected chi connectivity index (χ2v) is 11.0. The summed E-state index contributed by atoms with van der Waals surface area (Å²) >= 11 is 0. The van der Waals surface area contributed by atoms with Crippen LogP contribution >= 0.6 is 0 Å². The predicted octanol–water partition coefficient (Wildman–Crippen LogP) is 3.39. The van der Waals surface area contributed by atoms with Crippen LogP contribution < -0.4 is 21.4 Å². The van der Waals surface area contributed by atoms with Gasteiger partial charge < -0.3 is 49.6 Å². The number of anilines is 2. The molecule has 0 radical (unpaired) electrons. The summed E-state index contributed by atoms with van der Waals surface area (Å²) in [6.07, 6.45) is -4.87. The normalized spacial score (nSPS) is 21.1. The van der Waals surface area contributed by atoms with Crippen LogP contribution in [0.15, 0.2) is 57.7 Å². The molecular weight excluding hydrogens is 574 g/mol. The van der Waals surface area contributed by atoms with E-state index in [1.807, 2.05) is 0 Å². The largest absolute Gasteiger partial charge is 0.505 e. The molecule has 0 spiro atoms. The highest BCUT2D eigenvalue weighted by molar-refractivity contribution is 6.06. The van der Waals surface area contributed by atoms with Gasteiger partial charge in [-0.15, -0.1) is 0 Å². The van der Waals surface area contributed by atoms with Gasteiger partial charge in [0.05, 0.1) is 11.0 Å². The summed E-state index contributed by atoms with van der Waals surface area (Å²) in [7, 11) is 1.41. The van der Waals surface area contributed by atoms with Crippen LogP contribution in [-0.2, 0) is 14.2 Å². The van der Waals surface area contributed by atoms with Crippen molar-refractivity contribution in [2.24, 2.45) is 0 Å².